The molecule has 0 bridgehead atoms. The van der Waals surface area contributed by atoms with Crippen molar-refractivity contribution in [3.05, 3.63) is 83.7 Å². The second-order valence-electron chi connectivity index (χ2n) is 7.03. The van der Waals surface area contributed by atoms with E-state index in [0.29, 0.717) is 37.4 Å². The Balaban J connectivity index is 1.35. The minimum absolute atomic E-state index is 0.0685. The summed E-state index contributed by atoms with van der Waals surface area (Å²) in [6.07, 6.45) is 0.730. The van der Waals surface area contributed by atoms with Crippen LogP contribution in [0.4, 0.5) is 5.82 Å². The van der Waals surface area contributed by atoms with E-state index in [-0.39, 0.29) is 5.91 Å². The second-order valence-corrected chi connectivity index (χ2v) is 7.03. The van der Waals surface area contributed by atoms with E-state index >= 15 is 0 Å². The Morgan fingerprint density at radius 1 is 0.968 bits per heavy atom. The summed E-state index contributed by atoms with van der Waals surface area (Å²) in [4.78, 5) is 12.3. The number of rotatable bonds is 9. The zero-order valence-corrected chi connectivity index (χ0v) is 17.3. The van der Waals surface area contributed by atoms with Crippen molar-refractivity contribution in [1.82, 2.24) is 25.1 Å². The fourth-order valence-corrected chi connectivity index (χ4v) is 3.23. The van der Waals surface area contributed by atoms with Gasteiger partial charge in [-0.15, -0.1) is 15.3 Å². The van der Waals surface area contributed by atoms with Gasteiger partial charge in [0.1, 0.15) is 11.6 Å². The maximum atomic E-state index is 12.3. The Labute approximate surface area is 180 Å². The number of ether oxygens (including phenoxy) is 1. The molecule has 8 nitrogen and oxygen atoms in total. The average Bonchev–Trinajstić information content (AvgIpc) is 3.23. The molecule has 8 heteroatoms. The smallest absolute Gasteiger partial charge is 0.220 e. The molecular weight excluding hydrogens is 392 g/mol. The van der Waals surface area contributed by atoms with E-state index in [1.54, 1.807) is 11.6 Å². The van der Waals surface area contributed by atoms with Crippen molar-refractivity contribution < 1.29 is 9.53 Å². The highest BCUT2D eigenvalue weighted by molar-refractivity contribution is 5.76. The summed E-state index contributed by atoms with van der Waals surface area (Å²) in [5.41, 5.74) is 2.75. The molecular formula is C23H24N6O2. The van der Waals surface area contributed by atoms with Crippen LogP contribution in [-0.2, 0) is 24.3 Å². The highest BCUT2D eigenvalue weighted by Gasteiger charge is 2.11. The minimum Gasteiger partial charge on any atom is -0.496 e. The van der Waals surface area contributed by atoms with Crippen molar-refractivity contribution in [2.75, 3.05) is 12.4 Å². The first kappa shape index (κ1) is 20.3. The number of carbonyl (C=O) groups excluding carboxylic acids is 1. The lowest BCUT2D eigenvalue weighted by Crippen LogP contribution is -2.23. The molecule has 158 valence electrons. The molecule has 0 aliphatic rings. The van der Waals surface area contributed by atoms with Crippen molar-refractivity contribution in [2.24, 2.45) is 0 Å². The van der Waals surface area contributed by atoms with Crippen molar-refractivity contribution in [1.29, 1.82) is 0 Å². The van der Waals surface area contributed by atoms with Crippen LogP contribution in [0.3, 0.4) is 0 Å². The molecule has 0 spiro atoms. The third-order valence-electron chi connectivity index (χ3n) is 4.89. The van der Waals surface area contributed by atoms with E-state index in [4.69, 9.17) is 4.74 Å². The number of aryl methyl sites for hydroxylation is 1. The number of methoxy groups -OCH3 is 1. The molecule has 2 N–H and O–H groups in total. The van der Waals surface area contributed by atoms with Crippen LogP contribution in [-0.4, -0.2) is 32.8 Å². The number of nitrogens with one attached hydrogen (secondary N) is 2. The van der Waals surface area contributed by atoms with E-state index < -0.39 is 0 Å². The van der Waals surface area contributed by atoms with Crippen LogP contribution in [0.1, 0.15) is 23.4 Å². The third-order valence-corrected chi connectivity index (χ3v) is 4.89. The Hall–Kier alpha value is -3.94. The van der Waals surface area contributed by atoms with E-state index in [2.05, 4.69) is 38.1 Å². The van der Waals surface area contributed by atoms with Gasteiger partial charge in [0, 0.05) is 31.5 Å². The second kappa shape index (κ2) is 9.71. The van der Waals surface area contributed by atoms with E-state index in [1.807, 2.05) is 54.6 Å². The van der Waals surface area contributed by atoms with Gasteiger partial charge in [-0.3, -0.25) is 4.79 Å². The molecule has 1 amide bonds. The number of hydrogen-bond acceptors (Lipinski definition) is 6. The van der Waals surface area contributed by atoms with Crippen LogP contribution >= 0.6 is 0 Å². The van der Waals surface area contributed by atoms with Gasteiger partial charge in [-0.05, 0) is 23.8 Å². The van der Waals surface area contributed by atoms with Crippen LogP contribution in [0.25, 0.3) is 5.65 Å². The zero-order valence-electron chi connectivity index (χ0n) is 17.3. The molecule has 2 aromatic heterocycles. The van der Waals surface area contributed by atoms with Gasteiger partial charge in [0.15, 0.2) is 11.5 Å². The summed E-state index contributed by atoms with van der Waals surface area (Å²) in [5, 5.41) is 19.1. The Bertz CT molecular complexity index is 1160. The fourth-order valence-electron chi connectivity index (χ4n) is 3.23. The van der Waals surface area contributed by atoms with E-state index in [0.717, 1.165) is 17.1 Å². The first-order valence-corrected chi connectivity index (χ1v) is 10.1. The molecule has 2 aromatic carbocycles. The SMILES string of the molecule is COc1ccccc1CNC(=O)CCc1nnc2ccc(NCc3ccccc3)nn12. The number of fused-ring (bicyclic) bond motifs is 1. The predicted octanol–water partition coefficient (Wildman–Crippen LogP) is 2.99. The molecule has 0 saturated heterocycles. The van der Waals surface area contributed by atoms with Gasteiger partial charge in [-0.1, -0.05) is 48.5 Å². The van der Waals surface area contributed by atoms with Gasteiger partial charge in [0.2, 0.25) is 5.91 Å². The van der Waals surface area contributed by atoms with Gasteiger partial charge in [-0.25, -0.2) is 0 Å². The van der Waals surface area contributed by atoms with Crippen molar-refractivity contribution in [3.63, 3.8) is 0 Å². The van der Waals surface area contributed by atoms with E-state index in [9.17, 15) is 4.79 Å². The lowest BCUT2D eigenvalue weighted by atomic mass is 10.2. The standard InChI is InChI=1S/C23H24N6O2/c1-31-19-10-6-5-9-18(19)16-25-23(30)14-13-22-27-26-21-12-11-20(28-29(21)22)24-15-17-7-3-2-4-8-17/h2-12H,13-16H2,1H3,(H,24,28)(H,25,30). The van der Waals surface area contributed by atoms with Gasteiger partial charge < -0.3 is 15.4 Å². The average molecular weight is 416 g/mol. The zero-order chi connectivity index (χ0) is 21.5. The summed E-state index contributed by atoms with van der Waals surface area (Å²) >= 11 is 0. The summed E-state index contributed by atoms with van der Waals surface area (Å²) in [5.74, 6) is 2.05. The molecule has 0 aliphatic heterocycles. The van der Waals surface area contributed by atoms with Crippen molar-refractivity contribution in [3.8, 4) is 5.75 Å². The quantitative estimate of drug-likeness (QED) is 0.436. The number of aromatic nitrogens is 4. The summed E-state index contributed by atoms with van der Waals surface area (Å²) in [6, 6.07) is 21.5. The van der Waals surface area contributed by atoms with Gasteiger partial charge in [-0.2, -0.15) is 4.52 Å². The fraction of sp³-hybridized carbons (Fsp3) is 0.217. The molecule has 4 aromatic rings. The largest absolute Gasteiger partial charge is 0.496 e. The predicted molar refractivity (Wildman–Crippen MR) is 118 cm³/mol. The molecule has 4 rings (SSSR count). The number of carbonyl (C=O) groups is 1. The first-order valence-electron chi connectivity index (χ1n) is 10.1. The Kier molecular flexibility index (Phi) is 6.37. The molecule has 0 saturated carbocycles. The molecule has 0 unspecified atom stereocenters. The van der Waals surface area contributed by atoms with Crippen molar-refractivity contribution in [2.45, 2.75) is 25.9 Å². The molecule has 0 radical (unpaired) electrons. The molecule has 0 aliphatic carbocycles. The highest BCUT2D eigenvalue weighted by Crippen LogP contribution is 2.17. The van der Waals surface area contributed by atoms with Crippen LogP contribution < -0.4 is 15.4 Å². The number of amides is 1. The molecule has 0 fully saturated rings. The minimum atomic E-state index is -0.0685. The normalized spacial score (nSPS) is 10.7. The molecule has 0 atom stereocenters. The Morgan fingerprint density at radius 3 is 2.61 bits per heavy atom. The van der Waals surface area contributed by atoms with Gasteiger partial charge in [0.05, 0.1) is 7.11 Å². The first-order chi connectivity index (χ1) is 15.2. The number of hydrogen-bond donors (Lipinski definition) is 2. The van der Waals surface area contributed by atoms with Gasteiger partial charge in [0.25, 0.3) is 0 Å². The lowest BCUT2D eigenvalue weighted by molar-refractivity contribution is -0.121. The number of benzene rings is 2. The highest BCUT2D eigenvalue weighted by atomic mass is 16.5. The molecule has 2 heterocycles. The molecule has 31 heavy (non-hydrogen) atoms. The summed E-state index contributed by atoms with van der Waals surface area (Å²) in [7, 11) is 1.62. The van der Waals surface area contributed by atoms with Crippen molar-refractivity contribution >= 4 is 17.4 Å². The summed E-state index contributed by atoms with van der Waals surface area (Å²) in [6.45, 7) is 1.08. The van der Waals surface area contributed by atoms with Crippen LogP contribution in [0.15, 0.2) is 66.7 Å². The lowest BCUT2D eigenvalue weighted by Gasteiger charge is -2.09. The summed E-state index contributed by atoms with van der Waals surface area (Å²) < 4.78 is 7.00. The van der Waals surface area contributed by atoms with Crippen LogP contribution in [0.5, 0.6) is 5.75 Å². The monoisotopic (exact) mass is 416 g/mol. The van der Waals surface area contributed by atoms with Crippen LogP contribution in [0.2, 0.25) is 0 Å². The number of nitrogens with zero attached hydrogens (tertiary/aromatic N) is 4. The van der Waals surface area contributed by atoms with Gasteiger partial charge >= 0.3 is 0 Å². The van der Waals surface area contributed by atoms with Crippen LogP contribution in [0, 0.1) is 0 Å². The number of para-hydroxylation sites is 1. The topological polar surface area (TPSA) is 93.4 Å². The van der Waals surface area contributed by atoms with E-state index in [1.165, 1.54) is 5.56 Å². The maximum absolute atomic E-state index is 12.3. The maximum Gasteiger partial charge on any atom is 0.220 e. The third kappa shape index (κ3) is 5.16. The number of anilines is 1. The Morgan fingerprint density at radius 2 is 1.77 bits per heavy atom.